The maximum atomic E-state index is 12.7. The van der Waals surface area contributed by atoms with Gasteiger partial charge in [0, 0.05) is 37.4 Å². The monoisotopic (exact) mass is 388 g/mol. The Morgan fingerprint density at radius 3 is 2.17 bits per heavy atom. The SMILES string of the molecule is COc1ccc(C(=O)N2CCN(c3ccc(NN=C(C#N)C#N)cc3)CC2)cc1. The zero-order valence-corrected chi connectivity index (χ0v) is 16.0. The lowest BCUT2D eigenvalue weighted by molar-refractivity contribution is 0.0747. The predicted molar refractivity (Wildman–Crippen MR) is 110 cm³/mol. The van der Waals surface area contributed by atoms with Gasteiger partial charge in [0.1, 0.15) is 17.9 Å². The number of nitrogens with zero attached hydrogens (tertiary/aromatic N) is 5. The van der Waals surface area contributed by atoms with Crippen molar-refractivity contribution in [1.29, 1.82) is 10.5 Å². The molecule has 1 aliphatic rings. The molecule has 3 rings (SSSR count). The maximum absolute atomic E-state index is 12.7. The Labute approximate surface area is 169 Å². The Hall–Kier alpha value is -4.04. The Kier molecular flexibility index (Phi) is 6.29. The number of amides is 1. The van der Waals surface area contributed by atoms with E-state index in [1.54, 1.807) is 43.5 Å². The zero-order valence-electron chi connectivity index (χ0n) is 16.0. The Bertz CT molecular complexity index is 946. The van der Waals surface area contributed by atoms with Crippen molar-refractivity contribution in [2.24, 2.45) is 5.10 Å². The lowest BCUT2D eigenvalue weighted by Gasteiger charge is -2.36. The Morgan fingerprint density at radius 2 is 1.62 bits per heavy atom. The number of benzene rings is 2. The smallest absolute Gasteiger partial charge is 0.253 e. The molecule has 2 aromatic rings. The molecule has 1 amide bonds. The minimum absolute atomic E-state index is 0.0236. The molecule has 8 nitrogen and oxygen atoms in total. The van der Waals surface area contributed by atoms with E-state index in [1.165, 1.54) is 0 Å². The van der Waals surface area contributed by atoms with Crippen molar-refractivity contribution in [3.63, 3.8) is 0 Å². The second-order valence-corrected chi connectivity index (χ2v) is 6.35. The summed E-state index contributed by atoms with van der Waals surface area (Å²) in [6.45, 7) is 2.76. The van der Waals surface area contributed by atoms with Crippen molar-refractivity contribution in [2.75, 3.05) is 43.6 Å². The van der Waals surface area contributed by atoms with Crippen LogP contribution in [0, 0.1) is 22.7 Å². The van der Waals surface area contributed by atoms with Gasteiger partial charge in [-0.05, 0) is 48.5 Å². The molecule has 1 heterocycles. The molecule has 29 heavy (non-hydrogen) atoms. The van der Waals surface area contributed by atoms with Gasteiger partial charge in [-0.3, -0.25) is 10.2 Å². The van der Waals surface area contributed by atoms with Crippen LogP contribution in [-0.4, -0.2) is 49.8 Å². The highest BCUT2D eigenvalue weighted by Gasteiger charge is 2.22. The fraction of sp³-hybridized carbons (Fsp3) is 0.238. The van der Waals surface area contributed by atoms with Crippen molar-refractivity contribution >= 4 is 23.0 Å². The molecule has 1 saturated heterocycles. The molecular weight excluding hydrogens is 368 g/mol. The Morgan fingerprint density at radius 1 is 1.00 bits per heavy atom. The van der Waals surface area contributed by atoms with E-state index in [1.807, 2.05) is 29.2 Å². The standard InChI is InChI=1S/C21H20N6O2/c1-29-20-8-2-16(3-9-20)21(28)27-12-10-26(11-13-27)19-6-4-17(5-7-19)24-25-18(14-22)15-23/h2-9,24H,10-13H2,1H3. The molecule has 2 aromatic carbocycles. The first-order chi connectivity index (χ1) is 14.1. The minimum atomic E-state index is -0.230. The molecular formula is C21H20N6O2. The fourth-order valence-corrected chi connectivity index (χ4v) is 3.03. The molecule has 0 aliphatic carbocycles. The normalized spacial score (nSPS) is 13.1. The summed E-state index contributed by atoms with van der Waals surface area (Å²) < 4.78 is 5.13. The molecule has 0 unspecified atom stereocenters. The largest absolute Gasteiger partial charge is 0.497 e. The number of nitriles is 2. The molecule has 0 spiro atoms. The van der Waals surface area contributed by atoms with E-state index in [0.29, 0.717) is 24.3 Å². The summed E-state index contributed by atoms with van der Waals surface area (Å²) in [6, 6.07) is 18.1. The van der Waals surface area contributed by atoms with Crippen LogP contribution in [0.15, 0.2) is 53.6 Å². The summed E-state index contributed by atoms with van der Waals surface area (Å²) in [5, 5.41) is 21.1. The van der Waals surface area contributed by atoms with E-state index < -0.39 is 0 Å². The summed E-state index contributed by atoms with van der Waals surface area (Å²) in [5.74, 6) is 0.752. The van der Waals surface area contributed by atoms with Crippen LogP contribution < -0.4 is 15.1 Å². The van der Waals surface area contributed by atoms with E-state index in [9.17, 15) is 4.79 Å². The van der Waals surface area contributed by atoms with Crippen molar-refractivity contribution in [1.82, 2.24) is 4.90 Å². The molecule has 1 N–H and O–H groups in total. The molecule has 1 aliphatic heterocycles. The van der Waals surface area contributed by atoms with Gasteiger partial charge < -0.3 is 14.5 Å². The predicted octanol–water partition coefficient (Wildman–Crippen LogP) is 2.47. The topological polar surface area (TPSA) is 105 Å². The number of piperazine rings is 1. The van der Waals surface area contributed by atoms with Gasteiger partial charge in [-0.1, -0.05) is 0 Å². The molecule has 0 bridgehead atoms. The van der Waals surface area contributed by atoms with E-state index in [4.69, 9.17) is 15.3 Å². The molecule has 8 heteroatoms. The van der Waals surface area contributed by atoms with Crippen LogP contribution in [0.4, 0.5) is 11.4 Å². The van der Waals surface area contributed by atoms with Gasteiger partial charge in [-0.15, -0.1) is 0 Å². The average molecular weight is 388 g/mol. The van der Waals surface area contributed by atoms with E-state index in [-0.39, 0.29) is 11.6 Å². The van der Waals surface area contributed by atoms with Gasteiger partial charge in [0.15, 0.2) is 0 Å². The number of nitrogens with one attached hydrogen (secondary N) is 1. The molecule has 146 valence electrons. The van der Waals surface area contributed by atoms with Crippen LogP contribution >= 0.6 is 0 Å². The maximum Gasteiger partial charge on any atom is 0.253 e. The summed E-state index contributed by atoms with van der Waals surface area (Å²) >= 11 is 0. The van der Waals surface area contributed by atoms with Gasteiger partial charge in [0.25, 0.3) is 5.91 Å². The van der Waals surface area contributed by atoms with Gasteiger partial charge in [0.2, 0.25) is 5.71 Å². The minimum Gasteiger partial charge on any atom is -0.497 e. The number of rotatable bonds is 5. The highest BCUT2D eigenvalue weighted by atomic mass is 16.5. The average Bonchev–Trinajstić information content (AvgIpc) is 2.80. The summed E-state index contributed by atoms with van der Waals surface area (Å²) in [5.41, 5.74) is 4.84. The third-order valence-electron chi connectivity index (χ3n) is 4.64. The van der Waals surface area contributed by atoms with Crippen LogP contribution in [0.2, 0.25) is 0 Å². The number of hydrogen-bond acceptors (Lipinski definition) is 7. The molecule has 0 radical (unpaired) electrons. The van der Waals surface area contributed by atoms with Crippen LogP contribution in [0.3, 0.4) is 0 Å². The second-order valence-electron chi connectivity index (χ2n) is 6.35. The van der Waals surface area contributed by atoms with Crippen molar-refractivity contribution < 1.29 is 9.53 Å². The van der Waals surface area contributed by atoms with Crippen LogP contribution in [0.5, 0.6) is 5.75 Å². The first kappa shape index (κ1) is 19.7. The first-order valence-corrected chi connectivity index (χ1v) is 9.07. The number of ether oxygens (including phenoxy) is 1. The summed E-state index contributed by atoms with van der Waals surface area (Å²) in [7, 11) is 1.60. The van der Waals surface area contributed by atoms with Crippen LogP contribution in [0.25, 0.3) is 0 Å². The molecule has 0 saturated carbocycles. The van der Waals surface area contributed by atoms with Crippen LogP contribution in [-0.2, 0) is 0 Å². The highest BCUT2D eigenvalue weighted by Crippen LogP contribution is 2.21. The first-order valence-electron chi connectivity index (χ1n) is 9.07. The number of carbonyl (C=O) groups excluding carboxylic acids is 1. The Balaban J connectivity index is 1.56. The van der Waals surface area contributed by atoms with Gasteiger partial charge in [-0.2, -0.15) is 15.6 Å². The third kappa shape index (κ3) is 4.82. The van der Waals surface area contributed by atoms with Crippen LogP contribution in [0.1, 0.15) is 10.4 Å². The lowest BCUT2D eigenvalue weighted by Crippen LogP contribution is -2.48. The van der Waals surface area contributed by atoms with E-state index in [2.05, 4.69) is 15.4 Å². The van der Waals surface area contributed by atoms with Gasteiger partial charge in [-0.25, -0.2) is 0 Å². The van der Waals surface area contributed by atoms with Crippen molar-refractivity contribution in [3.8, 4) is 17.9 Å². The van der Waals surface area contributed by atoms with Crippen molar-refractivity contribution in [3.05, 3.63) is 54.1 Å². The lowest BCUT2D eigenvalue weighted by atomic mass is 10.1. The molecule has 0 aromatic heterocycles. The highest BCUT2D eigenvalue weighted by molar-refractivity contribution is 6.10. The zero-order chi connectivity index (χ0) is 20.6. The number of hydrazone groups is 1. The number of methoxy groups -OCH3 is 1. The van der Waals surface area contributed by atoms with E-state index >= 15 is 0 Å². The summed E-state index contributed by atoms with van der Waals surface area (Å²) in [6.07, 6.45) is 0. The van der Waals surface area contributed by atoms with Crippen molar-refractivity contribution in [2.45, 2.75) is 0 Å². The number of anilines is 2. The third-order valence-corrected chi connectivity index (χ3v) is 4.64. The van der Waals surface area contributed by atoms with E-state index in [0.717, 1.165) is 24.5 Å². The van der Waals surface area contributed by atoms with Gasteiger partial charge >= 0.3 is 0 Å². The van der Waals surface area contributed by atoms with Gasteiger partial charge in [0.05, 0.1) is 12.8 Å². The fourth-order valence-electron chi connectivity index (χ4n) is 3.03. The summed E-state index contributed by atoms with van der Waals surface area (Å²) in [4.78, 5) is 16.7. The number of hydrogen-bond donors (Lipinski definition) is 1. The second kappa shape index (κ2) is 9.25. The quantitative estimate of drug-likeness (QED) is 0.623. The number of carbonyl (C=O) groups is 1. The molecule has 0 atom stereocenters. The molecule has 1 fully saturated rings.